The second kappa shape index (κ2) is 6.66. The minimum atomic E-state index is -4.49. The van der Waals surface area contributed by atoms with Crippen LogP contribution in [0, 0.1) is 0 Å². The number of pyridine rings is 1. The molecule has 0 unspecified atom stereocenters. The summed E-state index contributed by atoms with van der Waals surface area (Å²) >= 11 is 0. The molecular weight excluding hydrogens is 349 g/mol. The maximum absolute atomic E-state index is 12.4. The topological polar surface area (TPSA) is 69.0 Å². The molecule has 0 radical (unpaired) electrons. The number of nitrogens with one attached hydrogen (secondary N) is 1. The number of benzene rings is 1. The zero-order valence-electron chi connectivity index (χ0n) is 14.0. The highest BCUT2D eigenvalue weighted by molar-refractivity contribution is 6.06. The first-order chi connectivity index (χ1) is 12.3. The van der Waals surface area contributed by atoms with Crippen molar-refractivity contribution in [3.63, 3.8) is 0 Å². The lowest BCUT2D eigenvalue weighted by Gasteiger charge is -2.11. The Morgan fingerprint density at radius 1 is 1.31 bits per heavy atom. The van der Waals surface area contributed by atoms with Crippen LogP contribution in [0.3, 0.4) is 0 Å². The molecule has 9 heteroatoms. The molecule has 3 aromatic rings. The number of alkyl halides is 3. The zero-order chi connectivity index (χ0) is 18.9. The van der Waals surface area contributed by atoms with E-state index in [0.717, 1.165) is 0 Å². The van der Waals surface area contributed by atoms with E-state index < -0.39 is 18.6 Å². The van der Waals surface area contributed by atoms with Crippen LogP contribution in [0.4, 0.5) is 13.2 Å². The number of aryl methyl sites for hydroxylation is 1. The van der Waals surface area contributed by atoms with Crippen LogP contribution in [0.15, 0.2) is 36.5 Å². The summed E-state index contributed by atoms with van der Waals surface area (Å²) in [4.78, 5) is 16.8. The molecule has 3 rings (SSSR count). The largest absolute Gasteiger partial charge is 0.497 e. The number of halogens is 3. The van der Waals surface area contributed by atoms with Gasteiger partial charge in [0.1, 0.15) is 12.3 Å². The lowest BCUT2D eigenvalue weighted by Crippen LogP contribution is -2.33. The smallest absolute Gasteiger partial charge is 0.405 e. The molecule has 0 aliphatic carbocycles. The molecule has 0 atom stereocenters. The molecule has 0 aliphatic rings. The fourth-order valence-electron chi connectivity index (χ4n) is 2.51. The van der Waals surface area contributed by atoms with Crippen LogP contribution in [0.5, 0.6) is 5.75 Å². The van der Waals surface area contributed by atoms with Crippen LogP contribution in [0.1, 0.15) is 10.4 Å². The number of nitrogens with zero attached hydrogens (tertiary/aromatic N) is 3. The van der Waals surface area contributed by atoms with Crippen molar-refractivity contribution in [2.45, 2.75) is 6.18 Å². The van der Waals surface area contributed by atoms with Crippen LogP contribution in [-0.2, 0) is 7.05 Å². The molecule has 1 aromatic carbocycles. The second-order valence-electron chi connectivity index (χ2n) is 5.59. The molecule has 1 amide bonds. The van der Waals surface area contributed by atoms with Gasteiger partial charge in [-0.15, -0.1) is 0 Å². The number of fused-ring (bicyclic) bond motifs is 1. The van der Waals surface area contributed by atoms with Gasteiger partial charge in [0.25, 0.3) is 5.91 Å². The standard InChI is InChI=1S/C17H15F3N4O2/c1-24-15-13(8-22-24)12(16(25)21-9-17(18,19)20)7-14(23-15)10-4-3-5-11(6-10)26-2/h3-8H,9H2,1-2H3,(H,21,25). The third kappa shape index (κ3) is 3.61. The summed E-state index contributed by atoms with van der Waals surface area (Å²) in [6.45, 7) is -1.41. The van der Waals surface area contributed by atoms with Gasteiger partial charge >= 0.3 is 6.18 Å². The van der Waals surface area contributed by atoms with Gasteiger partial charge in [-0.2, -0.15) is 18.3 Å². The van der Waals surface area contributed by atoms with E-state index in [9.17, 15) is 18.0 Å². The number of hydrogen-bond donors (Lipinski definition) is 1. The Bertz CT molecular complexity index is 966. The monoisotopic (exact) mass is 364 g/mol. The van der Waals surface area contributed by atoms with Gasteiger partial charge in [0.05, 0.1) is 30.0 Å². The third-order valence-electron chi connectivity index (χ3n) is 3.76. The number of aromatic nitrogens is 3. The first-order valence-corrected chi connectivity index (χ1v) is 7.60. The predicted octanol–water partition coefficient (Wildman–Crippen LogP) is 2.94. The van der Waals surface area contributed by atoms with Crippen LogP contribution < -0.4 is 10.1 Å². The van der Waals surface area contributed by atoms with Crippen molar-refractivity contribution in [1.29, 1.82) is 0 Å². The highest BCUT2D eigenvalue weighted by Gasteiger charge is 2.28. The number of carbonyl (C=O) groups is 1. The van der Waals surface area contributed by atoms with Gasteiger partial charge in [0, 0.05) is 12.6 Å². The number of hydrogen-bond acceptors (Lipinski definition) is 4. The second-order valence-corrected chi connectivity index (χ2v) is 5.59. The number of amides is 1. The Morgan fingerprint density at radius 3 is 2.77 bits per heavy atom. The SMILES string of the molecule is COc1cccc(-c2cc(C(=O)NCC(F)(F)F)c3cnn(C)c3n2)c1. The van der Waals surface area contributed by atoms with Crippen molar-refractivity contribution in [2.24, 2.45) is 7.05 Å². The molecule has 6 nitrogen and oxygen atoms in total. The quantitative estimate of drug-likeness (QED) is 0.773. The minimum absolute atomic E-state index is 0.0742. The van der Waals surface area contributed by atoms with Crippen molar-refractivity contribution in [3.8, 4) is 17.0 Å². The van der Waals surface area contributed by atoms with E-state index in [4.69, 9.17) is 4.74 Å². The zero-order valence-corrected chi connectivity index (χ0v) is 14.0. The Labute approximate surface area is 146 Å². The molecule has 26 heavy (non-hydrogen) atoms. The molecule has 0 saturated carbocycles. The van der Waals surface area contributed by atoms with Crippen molar-refractivity contribution < 1.29 is 22.7 Å². The van der Waals surface area contributed by atoms with Crippen LogP contribution >= 0.6 is 0 Å². The third-order valence-corrected chi connectivity index (χ3v) is 3.76. The summed E-state index contributed by atoms with van der Waals surface area (Å²) in [6, 6.07) is 8.45. The van der Waals surface area contributed by atoms with E-state index in [1.165, 1.54) is 24.1 Å². The molecule has 0 aliphatic heterocycles. The maximum atomic E-state index is 12.4. The lowest BCUT2D eigenvalue weighted by atomic mass is 10.1. The van der Waals surface area contributed by atoms with Gasteiger partial charge in [-0.25, -0.2) is 4.98 Å². The fraction of sp³-hybridized carbons (Fsp3) is 0.235. The summed E-state index contributed by atoms with van der Waals surface area (Å²) in [7, 11) is 3.16. The summed E-state index contributed by atoms with van der Waals surface area (Å²) in [6.07, 6.45) is -3.09. The highest BCUT2D eigenvalue weighted by atomic mass is 19.4. The van der Waals surface area contributed by atoms with Crippen LogP contribution in [0.25, 0.3) is 22.3 Å². The highest BCUT2D eigenvalue weighted by Crippen LogP contribution is 2.27. The number of methoxy groups -OCH3 is 1. The average molecular weight is 364 g/mol. The molecule has 0 saturated heterocycles. The Kier molecular flexibility index (Phi) is 4.54. The van der Waals surface area contributed by atoms with Crippen LogP contribution in [0.2, 0.25) is 0 Å². The first-order valence-electron chi connectivity index (χ1n) is 7.60. The molecule has 2 heterocycles. The predicted molar refractivity (Wildman–Crippen MR) is 88.9 cm³/mol. The van der Waals surface area contributed by atoms with Crippen molar-refractivity contribution in [1.82, 2.24) is 20.1 Å². The number of rotatable bonds is 4. The molecule has 0 spiro atoms. The first kappa shape index (κ1) is 17.7. The average Bonchev–Trinajstić information content (AvgIpc) is 2.99. The Balaban J connectivity index is 2.08. The van der Waals surface area contributed by atoms with E-state index in [1.54, 1.807) is 31.3 Å². The van der Waals surface area contributed by atoms with Gasteiger partial charge in [-0.05, 0) is 18.2 Å². The summed E-state index contributed by atoms with van der Waals surface area (Å²) in [5.41, 5.74) is 1.56. The Hall–Kier alpha value is -3.10. The van der Waals surface area contributed by atoms with E-state index in [1.807, 2.05) is 5.32 Å². The fourth-order valence-corrected chi connectivity index (χ4v) is 2.51. The van der Waals surface area contributed by atoms with E-state index >= 15 is 0 Å². The summed E-state index contributed by atoms with van der Waals surface area (Å²) in [5.74, 6) is -0.246. The van der Waals surface area contributed by atoms with Crippen molar-refractivity contribution >= 4 is 16.9 Å². The van der Waals surface area contributed by atoms with Gasteiger partial charge in [-0.1, -0.05) is 12.1 Å². The number of ether oxygens (including phenoxy) is 1. The summed E-state index contributed by atoms with van der Waals surface area (Å²) < 4.78 is 43.9. The van der Waals surface area contributed by atoms with Gasteiger partial charge in [0.15, 0.2) is 5.65 Å². The normalized spacial score (nSPS) is 11.6. The maximum Gasteiger partial charge on any atom is 0.405 e. The number of carbonyl (C=O) groups excluding carboxylic acids is 1. The van der Waals surface area contributed by atoms with E-state index in [-0.39, 0.29) is 5.56 Å². The van der Waals surface area contributed by atoms with Crippen LogP contribution in [-0.4, -0.2) is 40.5 Å². The lowest BCUT2D eigenvalue weighted by molar-refractivity contribution is -0.123. The van der Waals surface area contributed by atoms with E-state index in [2.05, 4.69) is 10.1 Å². The summed E-state index contributed by atoms with van der Waals surface area (Å²) in [5, 5.41) is 6.31. The molecule has 2 aromatic heterocycles. The van der Waals surface area contributed by atoms with Crippen molar-refractivity contribution in [2.75, 3.05) is 13.7 Å². The molecule has 136 valence electrons. The Morgan fingerprint density at radius 2 is 2.08 bits per heavy atom. The van der Waals surface area contributed by atoms with Crippen molar-refractivity contribution in [3.05, 3.63) is 42.1 Å². The van der Waals surface area contributed by atoms with Gasteiger partial charge in [0.2, 0.25) is 0 Å². The molecule has 0 bridgehead atoms. The minimum Gasteiger partial charge on any atom is -0.497 e. The molecule has 1 N–H and O–H groups in total. The van der Waals surface area contributed by atoms with Gasteiger partial charge in [-0.3, -0.25) is 9.48 Å². The molecule has 0 fully saturated rings. The van der Waals surface area contributed by atoms with E-state index in [0.29, 0.717) is 28.0 Å². The van der Waals surface area contributed by atoms with Gasteiger partial charge < -0.3 is 10.1 Å². The molecular formula is C17H15F3N4O2.